The van der Waals surface area contributed by atoms with Crippen LogP contribution in [0.2, 0.25) is 0 Å². The smallest absolute Gasteiger partial charge is 0.00320 e. The third-order valence-electron chi connectivity index (χ3n) is 11.2. The maximum absolute atomic E-state index is 2.40. The van der Waals surface area contributed by atoms with E-state index in [0.29, 0.717) is 17.8 Å². The van der Waals surface area contributed by atoms with Gasteiger partial charge in [-0.2, -0.15) is 0 Å². The highest BCUT2D eigenvalue weighted by Crippen LogP contribution is 2.51. The Morgan fingerprint density at radius 2 is 0.854 bits per heavy atom. The molecule has 0 fully saturated rings. The van der Waals surface area contributed by atoms with Crippen LogP contribution in [0.5, 0.6) is 0 Å². The van der Waals surface area contributed by atoms with E-state index in [9.17, 15) is 0 Å². The normalized spacial score (nSPS) is 18.8. The van der Waals surface area contributed by atoms with Crippen molar-refractivity contribution in [1.82, 2.24) is 0 Å². The molecule has 9 rings (SSSR count). The fourth-order valence-electron chi connectivity index (χ4n) is 8.50. The third-order valence-corrected chi connectivity index (χ3v) is 11.2. The second-order valence-corrected chi connectivity index (χ2v) is 14.3. The number of aryl methyl sites for hydroxylation is 3. The van der Waals surface area contributed by atoms with E-state index in [-0.39, 0.29) is 5.41 Å². The molecular formula is C48H46. The minimum absolute atomic E-state index is 0.245. The molecule has 7 aromatic carbocycles. The molecule has 3 unspecified atom stereocenters. The van der Waals surface area contributed by atoms with Gasteiger partial charge in [0.15, 0.2) is 0 Å². The van der Waals surface area contributed by atoms with Crippen molar-refractivity contribution in [3.63, 3.8) is 0 Å². The molecule has 7 aromatic rings. The summed E-state index contributed by atoms with van der Waals surface area (Å²) in [6.45, 7) is 13.8. The summed E-state index contributed by atoms with van der Waals surface area (Å²) in [5.41, 5.74) is 7.47. The Kier molecular flexibility index (Phi) is 8.52. The van der Waals surface area contributed by atoms with Gasteiger partial charge >= 0.3 is 0 Å². The molecule has 238 valence electrons. The lowest BCUT2D eigenvalue weighted by molar-refractivity contribution is 0.249. The van der Waals surface area contributed by atoms with Crippen LogP contribution in [0.15, 0.2) is 152 Å². The van der Waals surface area contributed by atoms with Gasteiger partial charge in [0.1, 0.15) is 0 Å². The van der Waals surface area contributed by atoms with Gasteiger partial charge < -0.3 is 0 Å². The first-order valence-corrected chi connectivity index (χ1v) is 17.5. The van der Waals surface area contributed by atoms with Crippen molar-refractivity contribution in [2.24, 2.45) is 11.8 Å². The van der Waals surface area contributed by atoms with Crippen LogP contribution in [0.25, 0.3) is 43.1 Å². The van der Waals surface area contributed by atoms with Crippen LogP contribution in [-0.4, -0.2) is 0 Å². The summed E-state index contributed by atoms with van der Waals surface area (Å²) in [5, 5.41) is 10.9. The maximum atomic E-state index is 2.40. The number of fused-ring (bicyclic) bond motifs is 6. The largest absolute Gasteiger partial charge is 0.0802 e. The van der Waals surface area contributed by atoms with Crippen LogP contribution in [0.3, 0.4) is 0 Å². The highest BCUT2D eigenvalue weighted by Gasteiger charge is 2.43. The van der Waals surface area contributed by atoms with Crippen LogP contribution in [0.1, 0.15) is 54.5 Å². The number of hydrogen-bond acceptors (Lipinski definition) is 0. The molecule has 0 nitrogen and oxygen atoms in total. The summed E-state index contributed by atoms with van der Waals surface area (Å²) in [6, 6.07) is 45.7. The predicted molar refractivity (Wildman–Crippen MR) is 210 cm³/mol. The third kappa shape index (κ3) is 5.54. The van der Waals surface area contributed by atoms with Crippen LogP contribution in [-0.2, 0) is 5.41 Å². The standard InChI is InChI=1S/C17H20.C16H14.C15H12/c1-12-13-8-4-6-10-15(13)17(2,3)16-11-7-5-9-14(12)16;1-11-13-7-3-5-9-15(13)12(2)16-10-6-4-8-14(11)16;1-11-14-8-4-2-6-12(14)10-13-7-3-5-9-15(11)13/h4-13,15H,1-3H3;3-10H,1-2H3;2-10H,1H3. The van der Waals surface area contributed by atoms with Crippen molar-refractivity contribution in [2.45, 2.75) is 52.9 Å². The fourth-order valence-corrected chi connectivity index (χ4v) is 8.50. The van der Waals surface area contributed by atoms with Crippen LogP contribution >= 0.6 is 0 Å². The van der Waals surface area contributed by atoms with Gasteiger partial charge in [0.25, 0.3) is 0 Å². The molecule has 0 heterocycles. The van der Waals surface area contributed by atoms with Crippen molar-refractivity contribution in [2.75, 3.05) is 0 Å². The summed E-state index contributed by atoms with van der Waals surface area (Å²) in [5.74, 6) is 1.92. The number of hydrogen-bond donors (Lipinski definition) is 0. The quantitative estimate of drug-likeness (QED) is 0.148. The molecule has 0 radical (unpaired) electrons. The fraction of sp³-hybridized carbons (Fsp3) is 0.208. The van der Waals surface area contributed by atoms with Crippen LogP contribution in [0.4, 0.5) is 0 Å². The van der Waals surface area contributed by atoms with E-state index in [4.69, 9.17) is 0 Å². The SMILES string of the molecule is CC1c2ccccc2C(C)(C)C2C=CC=CC12.Cc1c2ccccc2c(C)c2ccccc12.Cc1c2ccccc2cc2ccccc12. The summed E-state index contributed by atoms with van der Waals surface area (Å²) >= 11 is 0. The van der Waals surface area contributed by atoms with E-state index >= 15 is 0 Å². The van der Waals surface area contributed by atoms with Crippen molar-refractivity contribution < 1.29 is 0 Å². The molecular weight excluding hydrogens is 577 g/mol. The second-order valence-electron chi connectivity index (χ2n) is 14.3. The molecule has 0 saturated carbocycles. The summed E-state index contributed by atoms with van der Waals surface area (Å²) in [6.07, 6.45) is 9.22. The summed E-state index contributed by atoms with van der Waals surface area (Å²) in [4.78, 5) is 0. The Balaban J connectivity index is 0.000000114. The lowest BCUT2D eigenvalue weighted by Gasteiger charge is -2.47. The van der Waals surface area contributed by atoms with Crippen LogP contribution < -0.4 is 0 Å². The lowest BCUT2D eigenvalue weighted by Crippen LogP contribution is -2.40. The van der Waals surface area contributed by atoms with Crippen molar-refractivity contribution >= 4 is 43.1 Å². The molecule has 48 heavy (non-hydrogen) atoms. The zero-order valence-corrected chi connectivity index (χ0v) is 29.2. The minimum Gasteiger partial charge on any atom is -0.0802 e. The predicted octanol–water partition coefficient (Wildman–Crippen LogP) is 13.4. The number of allylic oxidation sites excluding steroid dienone is 4. The average Bonchev–Trinajstić information content (AvgIpc) is 3.14. The van der Waals surface area contributed by atoms with Crippen molar-refractivity contribution in [1.29, 1.82) is 0 Å². The van der Waals surface area contributed by atoms with E-state index in [1.165, 1.54) is 65.3 Å². The highest BCUT2D eigenvalue weighted by atomic mass is 14.5. The summed E-state index contributed by atoms with van der Waals surface area (Å²) < 4.78 is 0. The van der Waals surface area contributed by atoms with Gasteiger partial charge in [0.05, 0.1) is 0 Å². The molecule has 3 atom stereocenters. The first kappa shape index (κ1) is 31.6. The first-order valence-electron chi connectivity index (χ1n) is 17.5. The average molecular weight is 623 g/mol. The van der Waals surface area contributed by atoms with E-state index in [1.807, 2.05) is 0 Å². The molecule has 0 bridgehead atoms. The molecule has 0 aromatic heterocycles. The molecule has 0 aliphatic heterocycles. The molecule has 0 amide bonds. The van der Waals surface area contributed by atoms with E-state index in [0.717, 1.165) is 0 Å². The number of benzene rings is 7. The lowest BCUT2D eigenvalue weighted by atomic mass is 9.57. The maximum Gasteiger partial charge on any atom is -0.00320 e. The Morgan fingerprint density at radius 3 is 1.38 bits per heavy atom. The van der Waals surface area contributed by atoms with Gasteiger partial charge in [-0.1, -0.05) is 166 Å². The number of rotatable bonds is 0. The highest BCUT2D eigenvalue weighted by molar-refractivity contribution is 6.05. The molecule has 0 N–H and O–H groups in total. The minimum atomic E-state index is 0.245. The van der Waals surface area contributed by atoms with Gasteiger partial charge in [0, 0.05) is 0 Å². The second kappa shape index (κ2) is 12.9. The summed E-state index contributed by atoms with van der Waals surface area (Å²) in [7, 11) is 0. The zero-order chi connectivity index (χ0) is 33.4. The molecule has 0 saturated heterocycles. The van der Waals surface area contributed by atoms with Gasteiger partial charge in [-0.15, -0.1) is 0 Å². The van der Waals surface area contributed by atoms with Gasteiger partial charge in [-0.05, 0) is 121 Å². The molecule has 2 aliphatic carbocycles. The van der Waals surface area contributed by atoms with Gasteiger partial charge in [-0.3, -0.25) is 0 Å². The van der Waals surface area contributed by atoms with Crippen molar-refractivity contribution in [3.05, 3.63) is 180 Å². The Hall–Kier alpha value is -4.94. The topological polar surface area (TPSA) is 0 Å². The van der Waals surface area contributed by atoms with E-state index < -0.39 is 0 Å². The Morgan fingerprint density at radius 1 is 0.458 bits per heavy atom. The van der Waals surface area contributed by atoms with E-state index in [2.05, 4.69) is 193 Å². The monoisotopic (exact) mass is 622 g/mol. The van der Waals surface area contributed by atoms with E-state index in [1.54, 1.807) is 5.56 Å². The Labute approximate surface area is 286 Å². The molecule has 0 spiro atoms. The molecule has 0 heteroatoms. The van der Waals surface area contributed by atoms with Crippen LogP contribution in [0, 0.1) is 32.6 Å². The molecule has 2 aliphatic rings. The van der Waals surface area contributed by atoms with Crippen molar-refractivity contribution in [3.8, 4) is 0 Å². The Bertz CT molecular complexity index is 2160. The first-order chi connectivity index (χ1) is 23.3. The van der Waals surface area contributed by atoms with Gasteiger partial charge in [-0.25, -0.2) is 0 Å². The zero-order valence-electron chi connectivity index (χ0n) is 29.2. The van der Waals surface area contributed by atoms with Gasteiger partial charge in [0.2, 0.25) is 0 Å².